The lowest BCUT2D eigenvalue weighted by Crippen LogP contribution is -2.10. The summed E-state index contributed by atoms with van der Waals surface area (Å²) in [5, 5.41) is 0. The van der Waals surface area contributed by atoms with E-state index in [1.807, 2.05) is 0 Å². The van der Waals surface area contributed by atoms with E-state index in [1.165, 1.54) is 12.3 Å². The van der Waals surface area contributed by atoms with Crippen LogP contribution in [0.15, 0.2) is 17.1 Å². The van der Waals surface area contributed by atoms with E-state index in [9.17, 15) is 4.79 Å². The van der Waals surface area contributed by atoms with Gasteiger partial charge in [0, 0.05) is 6.20 Å². The number of nitrogen functional groups attached to an aromatic ring is 1. The van der Waals surface area contributed by atoms with Crippen molar-refractivity contribution in [2.75, 3.05) is 5.73 Å². The van der Waals surface area contributed by atoms with Crippen LogP contribution in [0.2, 0.25) is 0 Å². The average molecular weight is 112 g/mol. The average Bonchev–Trinajstić information content (AvgIpc) is 1.64. The number of nitrogens with zero attached hydrogens (tertiary/aromatic N) is 1. The van der Waals surface area contributed by atoms with Crippen molar-refractivity contribution in [2.45, 2.75) is 0 Å². The van der Waals surface area contributed by atoms with E-state index in [1.54, 1.807) is 0 Å². The Balaban J connectivity index is 3.28. The number of hydrogen-bond acceptors (Lipinski definition) is 3. The summed E-state index contributed by atoms with van der Waals surface area (Å²) in [7, 11) is 0. The van der Waals surface area contributed by atoms with Gasteiger partial charge in [0.2, 0.25) is 0 Å². The maximum atomic E-state index is 10.2. The number of H-pyrrole nitrogens is 1. The molecule has 0 fully saturated rings. The molecular formula is C4H5N3O. The number of aromatic nitrogens is 2. The van der Waals surface area contributed by atoms with Gasteiger partial charge in [-0.1, -0.05) is 0 Å². The molecule has 3 N–H and O–H groups in total. The van der Waals surface area contributed by atoms with E-state index < -0.39 is 5.69 Å². The van der Waals surface area contributed by atoms with Gasteiger partial charge >= 0.3 is 5.69 Å². The topological polar surface area (TPSA) is 71.8 Å². The van der Waals surface area contributed by atoms with Gasteiger partial charge in [-0.25, -0.2) is 9.78 Å². The predicted molar refractivity (Wildman–Crippen MR) is 29.3 cm³/mol. The van der Waals surface area contributed by atoms with Crippen LogP contribution in [0.25, 0.3) is 0 Å². The molecule has 0 bridgehead atoms. The summed E-state index contributed by atoms with van der Waals surface area (Å²) < 4.78 is 0. The van der Waals surface area contributed by atoms with Crippen molar-refractivity contribution in [2.24, 2.45) is 0 Å². The zero-order valence-electron chi connectivity index (χ0n) is 4.09. The fraction of sp³-hybridized carbons (Fsp3) is 0. The fourth-order valence-electron chi connectivity index (χ4n) is 0.383. The molecule has 0 aliphatic heterocycles. The van der Waals surface area contributed by atoms with Crippen molar-refractivity contribution in [1.82, 2.24) is 9.97 Å². The summed E-state index contributed by atoms with van der Waals surface area (Å²) in [6.45, 7) is 0. The Labute approximate surface area is 45.4 Å². The Morgan fingerprint density at radius 1 is 1.75 bits per heavy atom. The quantitative estimate of drug-likeness (QED) is 0.468. The number of rotatable bonds is 0. The summed E-state index contributed by atoms with van der Waals surface area (Å²) in [6, 6.07) is 1.52. The van der Waals surface area contributed by atoms with E-state index in [0.29, 0.717) is 5.82 Å². The Morgan fingerprint density at radius 3 is 2.88 bits per heavy atom. The molecule has 1 rings (SSSR count). The predicted octanol–water partition coefficient (Wildman–Crippen LogP) is -0.648. The summed E-state index contributed by atoms with van der Waals surface area (Å²) in [4.78, 5) is 15.9. The number of anilines is 1. The maximum Gasteiger partial charge on any atom is 0.346 e. The van der Waals surface area contributed by atoms with Gasteiger partial charge < -0.3 is 5.73 Å². The number of aromatic amines is 1. The highest BCUT2D eigenvalue weighted by Crippen LogP contribution is 1.82. The van der Waals surface area contributed by atoms with Gasteiger partial charge in [-0.2, -0.15) is 0 Å². The lowest BCUT2D eigenvalue weighted by Gasteiger charge is -1.84. The molecule has 42 valence electrons. The van der Waals surface area contributed by atoms with E-state index in [4.69, 9.17) is 5.73 Å². The van der Waals surface area contributed by atoms with Gasteiger partial charge in [0.15, 0.2) is 0 Å². The zero-order valence-corrected chi connectivity index (χ0v) is 4.09. The summed E-state index contributed by atoms with van der Waals surface area (Å²) >= 11 is 0. The van der Waals surface area contributed by atoms with Crippen LogP contribution < -0.4 is 11.4 Å². The van der Waals surface area contributed by atoms with Crippen LogP contribution in [0, 0.1) is 0 Å². The van der Waals surface area contributed by atoms with E-state index >= 15 is 0 Å². The second-order valence-corrected chi connectivity index (χ2v) is 1.33. The molecule has 4 nitrogen and oxygen atoms in total. The SMILES string of the molecule is Nc1cc[14n][13c](=O)[14nH]1. The van der Waals surface area contributed by atoms with Crippen LogP contribution in [0.4, 0.5) is 5.82 Å². The molecule has 0 saturated carbocycles. The molecule has 0 spiro atoms. The molecule has 0 aromatic carbocycles. The molecular weight excluding hydrogens is 107 g/mol. The Kier molecular flexibility index (Phi) is 0.997. The van der Waals surface area contributed by atoms with Crippen molar-refractivity contribution in [3.05, 3.63) is 22.7 Å². The minimum atomic E-state index is -0.412. The normalized spacial score (nSPS) is 9.00. The highest BCUT2D eigenvalue weighted by Gasteiger charge is 1.80. The first kappa shape index (κ1) is 4.83. The molecule has 0 aliphatic carbocycles. The Hall–Kier alpha value is -1.32. The monoisotopic (exact) mass is 112 g/mol. The third-order valence-corrected chi connectivity index (χ3v) is 0.697. The first-order valence-corrected chi connectivity index (χ1v) is 2.10. The standard InChI is InChI=1S/C4H5N3O/c5-3-1-2-6-4(8)7-3/h1-2H,(H3,5,6,7,8)/i4+1,6+0,7+0. The van der Waals surface area contributed by atoms with E-state index in [-0.39, 0.29) is 0 Å². The molecule has 0 aliphatic rings. The van der Waals surface area contributed by atoms with Gasteiger partial charge in [-0.05, 0) is 6.07 Å². The molecule has 1 heterocycles. The summed E-state index contributed by atoms with van der Waals surface area (Å²) in [5.41, 5.74) is 4.75. The lowest BCUT2D eigenvalue weighted by molar-refractivity contribution is 1.08. The molecule has 1 aromatic heterocycles. The first-order valence-electron chi connectivity index (χ1n) is 2.10. The summed E-state index contributed by atoms with van der Waals surface area (Å²) in [5.74, 6) is 0.338. The zero-order chi connectivity index (χ0) is 5.98. The molecule has 0 saturated heterocycles. The lowest BCUT2D eigenvalue weighted by atomic mass is 10.6. The van der Waals surface area contributed by atoms with Crippen molar-refractivity contribution in [1.29, 1.82) is 0 Å². The van der Waals surface area contributed by atoms with Gasteiger partial charge in [-0.3, -0.25) is 4.98 Å². The van der Waals surface area contributed by atoms with Crippen LogP contribution in [0.3, 0.4) is 0 Å². The van der Waals surface area contributed by atoms with Crippen molar-refractivity contribution >= 4 is 5.82 Å². The molecule has 0 unspecified atom stereocenters. The molecule has 0 atom stereocenters. The number of nitrogens with two attached hydrogens (primary N) is 1. The third-order valence-electron chi connectivity index (χ3n) is 0.697. The molecule has 4 heteroatoms. The smallest absolute Gasteiger partial charge is 0.346 e. The van der Waals surface area contributed by atoms with Crippen molar-refractivity contribution in [3.63, 3.8) is 0 Å². The molecule has 0 radical (unpaired) electrons. The van der Waals surface area contributed by atoms with Crippen LogP contribution >= 0.6 is 0 Å². The van der Waals surface area contributed by atoms with Gasteiger partial charge in [0.25, 0.3) is 0 Å². The second kappa shape index (κ2) is 1.65. The largest absolute Gasteiger partial charge is 0.385 e. The van der Waals surface area contributed by atoms with E-state index in [2.05, 4.69) is 9.97 Å². The van der Waals surface area contributed by atoms with Crippen LogP contribution in [0.1, 0.15) is 0 Å². The molecule has 0 amide bonds. The maximum absolute atomic E-state index is 10.2. The summed E-state index contributed by atoms with van der Waals surface area (Å²) in [6.07, 6.45) is 1.36. The molecule has 8 heavy (non-hydrogen) atoms. The Morgan fingerprint density at radius 2 is 2.50 bits per heavy atom. The van der Waals surface area contributed by atoms with Gasteiger partial charge in [0.1, 0.15) is 5.82 Å². The fourth-order valence-corrected chi connectivity index (χ4v) is 0.383. The van der Waals surface area contributed by atoms with Crippen LogP contribution in [-0.2, 0) is 0 Å². The Bertz CT molecular complexity index is 229. The molecule has 1 aromatic rings. The van der Waals surface area contributed by atoms with Crippen molar-refractivity contribution < 1.29 is 0 Å². The first-order chi connectivity index (χ1) is 3.79. The minimum Gasteiger partial charge on any atom is -0.385 e. The van der Waals surface area contributed by atoms with Crippen LogP contribution in [0.5, 0.6) is 0 Å². The van der Waals surface area contributed by atoms with Gasteiger partial charge in [0.05, 0.1) is 0 Å². The minimum absolute atomic E-state index is 0.338. The number of nitrogens with one attached hydrogen (secondary N) is 1. The highest BCUT2D eigenvalue weighted by molar-refractivity contribution is 5.22. The van der Waals surface area contributed by atoms with Gasteiger partial charge in [-0.15, -0.1) is 0 Å². The van der Waals surface area contributed by atoms with Crippen LogP contribution in [-0.4, -0.2) is 9.97 Å². The highest BCUT2D eigenvalue weighted by atomic mass is 16.2. The van der Waals surface area contributed by atoms with E-state index in [0.717, 1.165) is 0 Å². The number of hydrogen-bond donors (Lipinski definition) is 2. The third kappa shape index (κ3) is 0.841. The second-order valence-electron chi connectivity index (χ2n) is 1.33. The van der Waals surface area contributed by atoms with Crippen molar-refractivity contribution in [3.8, 4) is 0 Å².